The average molecular weight is 188 g/mol. The Hall–Kier alpha value is -0.610. The minimum Gasteiger partial charge on any atom is -0.480 e. The number of aliphatic hydroxyl groups is 1. The number of hydrogen-bond donors (Lipinski definition) is 3. The van der Waals surface area contributed by atoms with Crippen LogP contribution in [0.5, 0.6) is 0 Å². The predicted octanol–water partition coefficient (Wildman–Crippen LogP) is 0.354. The lowest BCUT2D eigenvalue weighted by Gasteiger charge is -2.25. The van der Waals surface area contributed by atoms with Gasteiger partial charge in [-0.2, -0.15) is 0 Å². The minimum absolute atomic E-state index is 0.0861. The molecule has 0 saturated heterocycles. The van der Waals surface area contributed by atoms with E-state index in [1.54, 1.807) is 0 Å². The van der Waals surface area contributed by atoms with Gasteiger partial charge < -0.3 is 10.2 Å². The van der Waals surface area contributed by atoms with Gasteiger partial charge in [0.15, 0.2) is 0 Å². The molecule has 3 N–H and O–H groups in total. The maximum atomic E-state index is 10.6. The number of carboxylic acid groups (broad SMARTS) is 1. The first-order valence-electron chi connectivity index (χ1n) is 5.25. The maximum Gasteiger partial charge on any atom is 0.323 e. The molecule has 0 aromatic carbocycles. The first kappa shape index (κ1) is 8.97. The molecule has 3 atom stereocenters. The highest BCUT2D eigenvalue weighted by Gasteiger charge is 2.21. The van der Waals surface area contributed by atoms with Gasteiger partial charge in [0.25, 0.3) is 0 Å². The van der Waals surface area contributed by atoms with Gasteiger partial charge in [0.1, 0.15) is 6.04 Å². The van der Waals surface area contributed by atoms with Crippen molar-refractivity contribution < 1.29 is 16.4 Å². The summed E-state index contributed by atoms with van der Waals surface area (Å²) in [5.74, 6) is -1.05. The zero-order chi connectivity index (χ0) is 10.6. The molecule has 1 aliphatic carbocycles. The molecule has 0 aromatic rings. The first-order valence-corrected chi connectivity index (χ1v) is 4.67. The van der Waals surface area contributed by atoms with Gasteiger partial charge in [-0.25, -0.2) is 0 Å². The molecule has 4 nitrogen and oxygen atoms in total. The van der Waals surface area contributed by atoms with Gasteiger partial charge >= 0.3 is 5.97 Å². The molecule has 4 heteroatoms. The van der Waals surface area contributed by atoms with Crippen LogP contribution in [0.3, 0.4) is 0 Å². The second-order valence-electron chi connectivity index (χ2n) is 3.37. The Bertz CT molecular complexity index is 200. The number of nitrogens with one attached hydrogen (secondary N) is 1. The SMILES string of the molecule is [2H]C1CCCCC1N[C@@H](CO)C(=O)O. The lowest BCUT2D eigenvalue weighted by Crippen LogP contribution is -2.46. The van der Waals surface area contributed by atoms with Crippen molar-refractivity contribution in [3.05, 3.63) is 0 Å². The first-order chi connectivity index (χ1) is 6.65. The fraction of sp³-hybridized carbons (Fsp3) is 0.889. The molecule has 1 saturated carbocycles. The Kier molecular flexibility index (Phi) is 3.58. The normalized spacial score (nSPS) is 32.2. The second-order valence-corrected chi connectivity index (χ2v) is 3.37. The molecule has 1 fully saturated rings. The lowest BCUT2D eigenvalue weighted by molar-refractivity contribution is -0.140. The van der Waals surface area contributed by atoms with E-state index < -0.39 is 18.6 Å². The van der Waals surface area contributed by atoms with Crippen LogP contribution in [0.1, 0.15) is 33.5 Å². The number of carboxylic acids is 1. The summed E-state index contributed by atoms with van der Waals surface area (Å²) in [6, 6.07) is -1.01. The fourth-order valence-electron chi connectivity index (χ4n) is 1.56. The number of aliphatic hydroxyl groups excluding tert-OH is 1. The van der Waals surface area contributed by atoms with Gasteiger partial charge in [0, 0.05) is 7.41 Å². The molecule has 0 radical (unpaired) electrons. The van der Waals surface area contributed by atoms with E-state index in [4.69, 9.17) is 11.6 Å². The average Bonchev–Trinajstić information content (AvgIpc) is 2.16. The molecular formula is C9H17NO3. The van der Waals surface area contributed by atoms with E-state index in [1.807, 2.05) is 0 Å². The number of carbonyl (C=O) groups is 1. The van der Waals surface area contributed by atoms with Crippen LogP contribution in [0.25, 0.3) is 0 Å². The molecule has 0 amide bonds. The Balaban J connectivity index is 2.43. The Morgan fingerprint density at radius 2 is 2.38 bits per heavy atom. The smallest absolute Gasteiger partial charge is 0.323 e. The van der Waals surface area contributed by atoms with Crippen LogP contribution in [-0.2, 0) is 4.79 Å². The van der Waals surface area contributed by atoms with Crippen molar-refractivity contribution in [1.82, 2.24) is 5.32 Å². The zero-order valence-electron chi connectivity index (χ0n) is 8.57. The molecule has 1 rings (SSSR count). The van der Waals surface area contributed by atoms with E-state index in [0.717, 1.165) is 25.7 Å². The van der Waals surface area contributed by atoms with E-state index >= 15 is 0 Å². The van der Waals surface area contributed by atoms with Crippen LogP contribution in [0.15, 0.2) is 0 Å². The molecule has 0 spiro atoms. The molecule has 0 bridgehead atoms. The van der Waals surface area contributed by atoms with Gasteiger partial charge in [-0.3, -0.25) is 10.1 Å². The molecule has 0 aromatic heterocycles. The van der Waals surface area contributed by atoms with Crippen molar-refractivity contribution in [1.29, 1.82) is 0 Å². The molecule has 0 aliphatic heterocycles. The highest BCUT2D eigenvalue weighted by atomic mass is 16.4. The van der Waals surface area contributed by atoms with Gasteiger partial charge in [-0.05, 0) is 12.8 Å². The molecule has 76 valence electrons. The largest absolute Gasteiger partial charge is 0.480 e. The lowest BCUT2D eigenvalue weighted by atomic mass is 9.95. The number of rotatable bonds is 4. The fourth-order valence-corrected chi connectivity index (χ4v) is 1.56. The van der Waals surface area contributed by atoms with Crippen molar-refractivity contribution in [3.8, 4) is 0 Å². The summed E-state index contributed by atoms with van der Waals surface area (Å²) in [7, 11) is 0. The Morgan fingerprint density at radius 1 is 1.62 bits per heavy atom. The molecule has 2 unspecified atom stereocenters. The van der Waals surface area contributed by atoms with Crippen LogP contribution in [0.2, 0.25) is 0 Å². The summed E-state index contributed by atoms with van der Waals surface area (Å²) in [5, 5.41) is 20.3. The minimum atomic E-state index is -1.05. The molecule has 13 heavy (non-hydrogen) atoms. The van der Waals surface area contributed by atoms with E-state index in [2.05, 4.69) is 5.32 Å². The van der Waals surface area contributed by atoms with Crippen LogP contribution in [-0.4, -0.2) is 34.9 Å². The summed E-state index contributed by atoms with van der Waals surface area (Å²) in [5.41, 5.74) is 0. The van der Waals surface area contributed by atoms with Gasteiger partial charge in [-0.1, -0.05) is 19.3 Å². The highest BCUT2D eigenvalue weighted by molar-refractivity contribution is 5.73. The summed E-state index contributed by atoms with van der Waals surface area (Å²) >= 11 is 0. The summed E-state index contributed by atoms with van der Waals surface area (Å²) in [4.78, 5) is 10.6. The molecule has 0 heterocycles. The second kappa shape index (κ2) is 5.19. The predicted molar refractivity (Wildman–Crippen MR) is 48.5 cm³/mol. The van der Waals surface area contributed by atoms with E-state index in [1.165, 1.54) is 0 Å². The summed E-state index contributed by atoms with van der Waals surface area (Å²) in [6.45, 7) is -0.418. The quantitative estimate of drug-likeness (QED) is 0.595. The zero-order valence-corrected chi connectivity index (χ0v) is 7.57. The summed E-state index contributed by atoms with van der Waals surface area (Å²) < 4.78 is 7.70. The third-order valence-corrected chi connectivity index (χ3v) is 2.32. The van der Waals surface area contributed by atoms with Crippen LogP contribution in [0.4, 0.5) is 0 Å². The highest BCUT2D eigenvalue weighted by Crippen LogP contribution is 2.17. The van der Waals surface area contributed by atoms with Crippen LogP contribution >= 0.6 is 0 Å². The van der Waals surface area contributed by atoms with E-state index in [-0.39, 0.29) is 12.4 Å². The third-order valence-electron chi connectivity index (χ3n) is 2.32. The van der Waals surface area contributed by atoms with Crippen LogP contribution < -0.4 is 5.32 Å². The Labute approximate surface area is 79.4 Å². The molecular weight excluding hydrogens is 170 g/mol. The van der Waals surface area contributed by atoms with Crippen molar-refractivity contribution in [3.63, 3.8) is 0 Å². The third kappa shape index (κ3) is 3.32. The Morgan fingerprint density at radius 3 is 2.92 bits per heavy atom. The number of aliphatic carboxylic acids is 1. The number of hydrogen-bond acceptors (Lipinski definition) is 3. The van der Waals surface area contributed by atoms with E-state index in [0.29, 0.717) is 0 Å². The van der Waals surface area contributed by atoms with Crippen molar-refractivity contribution in [2.75, 3.05) is 6.61 Å². The monoisotopic (exact) mass is 188 g/mol. The van der Waals surface area contributed by atoms with Gasteiger partial charge in [-0.15, -0.1) is 0 Å². The maximum absolute atomic E-state index is 10.6. The standard InChI is InChI=1S/C9H17NO3/c11-6-8(9(12)13)10-7-4-2-1-3-5-7/h7-8,10-11H,1-6H2,(H,12,13)/t8-/m0/s1/i4D/t4?,7?,8-. The van der Waals surface area contributed by atoms with Gasteiger partial charge in [0.2, 0.25) is 0 Å². The van der Waals surface area contributed by atoms with Crippen molar-refractivity contribution in [2.45, 2.75) is 44.2 Å². The molecule has 1 aliphatic rings. The van der Waals surface area contributed by atoms with Crippen molar-refractivity contribution in [2.24, 2.45) is 0 Å². The summed E-state index contributed by atoms with van der Waals surface area (Å²) in [6.07, 6.45) is 3.48. The topological polar surface area (TPSA) is 69.6 Å². The van der Waals surface area contributed by atoms with Gasteiger partial charge in [0.05, 0.1) is 6.61 Å². The van der Waals surface area contributed by atoms with Crippen LogP contribution in [0, 0.1) is 0 Å². The van der Waals surface area contributed by atoms with Crippen molar-refractivity contribution >= 4 is 5.97 Å². The van der Waals surface area contributed by atoms with E-state index in [9.17, 15) is 4.79 Å².